The van der Waals surface area contributed by atoms with Crippen molar-refractivity contribution in [3.8, 4) is 0 Å². The molecule has 3 rings (SSSR count). The Kier molecular flexibility index (Phi) is 5.14. The van der Waals surface area contributed by atoms with Crippen molar-refractivity contribution < 1.29 is 9.21 Å². The standard InChI is InChI=1S/C18H22N4O3/c1-3-21(4-2)10-9-19-15(23)11-22-12-20-16-13-7-5-6-8-14(13)25-17(16)18(22)24/h5-8,12H,3-4,9-11H2,1-2H3,(H,19,23). The fourth-order valence-corrected chi connectivity index (χ4v) is 2.83. The van der Waals surface area contributed by atoms with E-state index >= 15 is 0 Å². The summed E-state index contributed by atoms with van der Waals surface area (Å²) in [6.45, 7) is 7.32. The largest absolute Gasteiger partial charge is 0.448 e. The minimum atomic E-state index is -0.347. The highest BCUT2D eigenvalue weighted by Gasteiger charge is 2.14. The van der Waals surface area contributed by atoms with Gasteiger partial charge in [-0.25, -0.2) is 4.98 Å². The number of furan rings is 1. The Hall–Kier alpha value is -2.67. The monoisotopic (exact) mass is 342 g/mol. The number of nitrogens with zero attached hydrogens (tertiary/aromatic N) is 3. The molecule has 1 N–H and O–H groups in total. The fourth-order valence-electron chi connectivity index (χ4n) is 2.83. The van der Waals surface area contributed by atoms with Crippen LogP contribution >= 0.6 is 0 Å². The summed E-state index contributed by atoms with van der Waals surface area (Å²) in [5, 5.41) is 3.63. The summed E-state index contributed by atoms with van der Waals surface area (Å²) < 4.78 is 6.89. The van der Waals surface area contributed by atoms with Crippen molar-refractivity contribution in [2.24, 2.45) is 0 Å². The molecular weight excluding hydrogens is 320 g/mol. The molecule has 0 bridgehead atoms. The Balaban J connectivity index is 1.73. The van der Waals surface area contributed by atoms with Crippen LogP contribution in [0, 0.1) is 0 Å². The average molecular weight is 342 g/mol. The smallest absolute Gasteiger partial charge is 0.297 e. The zero-order chi connectivity index (χ0) is 17.8. The predicted octanol–water partition coefficient (Wildman–Crippen LogP) is 1.60. The Morgan fingerprint density at radius 1 is 1.28 bits per heavy atom. The highest BCUT2D eigenvalue weighted by molar-refractivity contribution is 6.01. The van der Waals surface area contributed by atoms with Gasteiger partial charge >= 0.3 is 0 Å². The van der Waals surface area contributed by atoms with Gasteiger partial charge in [0.05, 0.1) is 6.33 Å². The van der Waals surface area contributed by atoms with Gasteiger partial charge in [0.15, 0.2) is 0 Å². The van der Waals surface area contributed by atoms with Crippen LogP contribution in [0.25, 0.3) is 22.1 Å². The molecular formula is C18H22N4O3. The first-order valence-electron chi connectivity index (χ1n) is 8.49. The fraction of sp³-hybridized carbons (Fsp3) is 0.389. The molecule has 0 saturated heterocycles. The topological polar surface area (TPSA) is 80.4 Å². The molecule has 0 atom stereocenters. The van der Waals surface area contributed by atoms with Crippen molar-refractivity contribution >= 4 is 28.0 Å². The molecule has 0 aliphatic heterocycles. The number of rotatable bonds is 7. The van der Waals surface area contributed by atoms with Crippen molar-refractivity contribution in [3.05, 3.63) is 40.9 Å². The third-order valence-corrected chi connectivity index (χ3v) is 4.31. The Morgan fingerprint density at radius 2 is 2.04 bits per heavy atom. The van der Waals surface area contributed by atoms with E-state index in [9.17, 15) is 9.59 Å². The Bertz CT molecular complexity index is 940. The van der Waals surface area contributed by atoms with Crippen molar-refractivity contribution in [1.29, 1.82) is 0 Å². The number of fused-ring (bicyclic) bond motifs is 3. The highest BCUT2D eigenvalue weighted by Crippen LogP contribution is 2.23. The first-order chi connectivity index (χ1) is 12.1. The van der Waals surface area contributed by atoms with E-state index in [4.69, 9.17) is 4.42 Å². The molecule has 3 aromatic rings. The van der Waals surface area contributed by atoms with E-state index in [1.54, 1.807) is 6.07 Å². The molecule has 0 fully saturated rings. The van der Waals surface area contributed by atoms with Gasteiger partial charge in [0.1, 0.15) is 17.6 Å². The molecule has 0 aliphatic rings. The van der Waals surface area contributed by atoms with Crippen LogP contribution < -0.4 is 10.9 Å². The number of carbonyl (C=O) groups is 1. The van der Waals surface area contributed by atoms with Crippen molar-refractivity contribution in [2.75, 3.05) is 26.2 Å². The molecule has 25 heavy (non-hydrogen) atoms. The third-order valence-electron chi connectivity index (χ3n) is 4.31. The lowest BCUT2D eigenvalue weighted by molar-refractivity contribution is -0.121. The minimum Gasteiger partial charge on any atom is -0.448 e. The van der Waals surface area contributed by atoms with E-state index in [0.717, 1.165) is 25.0 Å². The summed E-state index contributed by atoms with van der Waals surface area (Å²) in [5.41, 5.74) is 0.974. The maximum absolute atomic E-state index is 12.5. The summed E-state index contributed by atoms with van der Waals surface area (Å²) in [6, 6.07) is 7.36. The van der Waals surface area contributed by atoms with Crippen LogP contribution in [0.2, 0.25) is 0 Å². The van der Waals surface area contributed by atoms with Gasteiger partial charge in [-0.15, -0.1) is 0 Å². The van der Waals surface area contributed by atoms with E-state index in [1.807, 2.05) is 18.2 Å². The van der Waals surface area contributed by atoms with Gasteiger partial charge in [0.25, 0.3) is 5.56 Å². The van der Waals surface area contributed by atoms with Crippen LogP contribution in [-0.2, 0) is 11.3 Å². The normalized spacial score (nSPS) is 11.5. The second-order valence-corrected chi connectivity index (χ2v) is 5.83. The van der Waals surface area contributed by atoms with Crippen molar-refractivity contribution in [2.45, 2.75) is 20.4 Å². The molecule has 2 aromatic heterocycles. The van der Waals surface area contributed by atoms with Crippen LogP contribution in [0.1, 0.15) is 13.8 Å². The average Bonchev–Trinajstić information content (AvgIpc) is 3.01. The Labute approximate surface area is 145 Å². The molecule has 0 unspecified atom stereocenters. The summed E-state index contributed by atoms with van der Waals surface area (Å²) in [7, 11) is 0. The number of carbonyl (C=O) groups excluding carboxylic acids is 1. The maximum atomic E-state index is 12.5. The van der Waals surface area contributed by atoms with Gasteiger partial charge in [-0.3, -0.25) is 14.2 Å². The van der Waals surface area contributed by atoms with Crippen molar-refractivity contribution in [3.63, 3.8) is 0 Å². The number of benzene rings is 1. The molecule has 2 heterocycles. The van der Waals surface area contributed by atoms with E-state index in [0.29, 0.717) is 17.6 Å². The number of para-hydroxylation sites is 1. The summed E-state index contributed by atoms with van der Waals surface area (Å²) in [6.07, 6.45) is 1.40. The Morgan fingerprint density at radius 3 is 2.80 bits per heavy atom. The second-order valence-electron chi connectivity index (χ2n) is 5.83. The number of nitrogens with one attached hydrogen (secondary N) is 1. The molecule has 132 valence electrons. The highest BCUT2D eigenvalue weighted by atomic mass is 16.3. The molecule has 7 nitrogen and oxygen atoms in total. The predicted molar refractivity (Wildman–Crippen MR) is 96.6 cm³/mol. The van der Waals surface area contributed by atoms with E-state index in [-0.39, 0.29) is 23.6 Å². The summed E-state index contributed by atoms with van der Waals surface area (Å²) >= 11 is 0. The van der Waals surface area contributed by atoms with Crippen LogP contribution in [0.15, 0.2) is 39.8 Å². The molecule has 7 heteroatoms. The van der Waals surface area contributed by atoms with Gasteiger partial charge in [-0.2, -0.15) is 0 Å². The van der Waals surface area contributed by atoms with Crippen LogP contribution in [0.5, 0.6) is 0 Å². The van der Waals surface area contributed by atoms with Gasteiger partial charge in [0.2, 0.25) is 11.5 Å². The lowest BCUT2D eigenvalue weighted by Gasteiger charge is -2.18. The number of hydrogen-bond donors (Lipinski definition) is 1. The minimum absolute atomic E-state index is 0.0724. The quantitative estimate of drug-likeness (QED) is 0.705. The lowest BCUT2D eigenvalue weighted by Crippen LogP contribution is -2.37. The molecule has 0 radical (unpaired) electrons. The molecule has 0 saturated carbocycles. The van der Waals surface area contributed by atoms with E-state index in [1.165, 1.54) is 10.9 Å². The zero-order valence-electron chi connectivity index (χ0n) is 14.5. The summed E-state index contributed by atoms with van der Waals surface area (Å²) in [4.78, 5) is 31.1. The molecule has 1 amide bonds. The van der Waals surface area contributed by atoms with Crippen molar-refractivity contribution in [1.82, 2.24) is 19.8 Å². The first kappa shape index (κ1) is 17.2. The van der Waals surface area contributed by atoms with Crippen LogP contribution in [0.4, 0.5) is 0 Å². The van der Waals surface area contributed by atoms with Crippen LogP contribution in [-0.4, -0.2) is 46.5 Å². The third kappa shape index (κ3) is 3.56. The number of amides is 1. The molecule has 0 spiro atoms. The van der Waals surface area contributed by atoms with Gasteiger partial charge in [-0.1, -0.05) is 26.0 Å². The second kappa shape index (κ2) is 7.48. The zero-order valence-corrected chi connectivity index (χ0v) is 14.5. The number of likely N-dealkylation sites (N-methyl/N-ethyl adjacent to an activating group) is 1. The van der Waals surface area contributed by atoms with E-state index in [2.05, 4.69) is 29.0 Å². The maximum Gasteiger partial charge on any atom is 0.297 e. The van der Waals surface area contributed by atoms with Gasteiger partial charge < -0.3 is 14.6 Å². The molecule has 1 aromatic carbocycles. The lowest BCUT2D eigenvalue weighted by atomic mass is 10.2. The first-order valence-corrected chi connectivity index (χ1v) is 8.49. The molecule has 0 aliphatic carbocycles. The number of hydrogen-bond acceptors (Lipinski definition) is 5. The van der Waals surface area contributed by atoms with Gasteiger partial charge in [-0.05, 0) is 25.2 Å². The summed E-state index contributed by atoms with van der Waals surface area (Å²) in [5.74, 6) is -0.216. The SMILES string of the molecule is CCN(CC)CCNC(=O)Cn1cnc2c(oc3ccccc32)c1=O. The number of aromatic nitrogens is 2. The van der Waals surface area contributed by atoms with E-state index < -0.39 is 0 Å². The van der Waals surface area contributed by atoms with Crippen LogP contribution in [0.3, 0.4) is 0 Å². The van der Waals surface area contributed by atoms with Gasteiger partial charge in [0, 0.05) is 18.5 Å².